The first-order chi connectivity index (χ1) is 13.5. The number of furan rings is 1. The van der Waals surface area contributed by atoms with E-state index >= 15 is 0 Å². The van der Waals surface area contributed by atoms with Gasteiger partial charge < -0.3 is 18.6 Å². The molecule has 1 fully saturated rings. The lowest BCUT2D eigenvalue weighted by atomic mass is 10.1. The molecule has 8 heteroatoms. The van der Waals surface area contributed by atoms with Crippen LogP contribution in [-0.4, -0.2) is 36.3 Å². The highest BCUT2D eigenvalue weighted by Crippen LogP contribution is 2.29. The van der Waals surface area contributed by atoms with E-state index in [1.807, 2.05) is 24.0 Å². The molecule has 2 heterocycles. The number of nitrogens with zero attached hydrogens (tertiary/aromatic N) is 1. The van der Waals surface area contributed by atoms with Crippen LogP contribution >= 0.6 is 0 Å². The van der Waals surface area contributed by atoms with E-state index in [0.717, 1.165) is 11.1 Å². The average Bonchev–Trinajstić information content (AvgIpc) is 3.09. The predicted octanol–water partition coefficient (Wildman–Crippen LogP) is 3.44. The second kappa shape index (κ2) is 7.73. The fourth-order valence-electron chi connectivity index (χ4n) is 3.03. The van der Waals surface area contributed by atoms with E-state index in [1.165, 1.54) is 0 Å². The van der Waals surface area contributed by atoms with E-state index in [9.17, 15) is 13.7 Å². The Morgan fingerprint density at radius 3 is 2.86 bits per heavy atom. The highest BCUT2D eigenvalue weighted by Gasteiger charge is 2.27. The third-order valence-corrected chi connectivity index (χ3v) is 5.57. The minimum absolute atomic E-state index is 0.0568. The van der Waals surface area contributed by atoms with E-state index < -0.39 is 23.4 Å². The summed E-state index contributed by atoms with van der Waals surface area (Å²) in [7, 11) is 0. The lowest BCUT2D eigenvalue weighted by Crippen LogP contribution is -2.48. The number of anilines is 1. The van der Waals surface area contributed by atoms with Gasteiger partial charge in [0.15, 0.2) is 11.5 Å². The van der Waals surface area contributed by atoms with E-state index in [0.29, 0.717) is 35.9 Å². The third kappa shape index (κ3) is 3.65. The summed E-state index contributed by atoms with van der Waals surface area (Å²) < 4.78 is 39.2. The zero-order valence-corrected chi connectivity index (χ0v) is 16.0. The first-order valence-electron chi connectivity index (χ1n) is 8.92. The number of rotatable bonds is 6. The summed E-state index contributed by atoms with van der Waals surface area (Å²) >= 11 is -1.79. The highest BCUT2D eigenvalue weighted by molar-refractivity contribution is 7.90. The molecule has 146 valence electrons. The Morgan fingerprint density at radius 1 is 1.32 bits per heavy atom. The summed E-state index contributed by atoms with van der Waals surface area (Å²) in [6, 6.07) is 13.9. The summed E-state index contributed by atoms with van der Waals surface area (Å²) in [5.74, 6) is -0.0740. The van der Waals surface area contributed by atoms with Gasteiger partial charge in [-0.05, 0) is 37.3 Å². The van der Waals surface area contributed by atoms with Gasteiger partial charge in [-0.2, -0.15) is 4.72 Å². The normalized spacial score (nSPS) is 15.3. The van der Waals surface area contributed by atoms with Gasteiger partial charge in [-0.1, -0.05) is 12.1 Å². The molecule has 2 aromatic carbocycles. The van der Waals surface area contributed by atoms with Crippen LogP contribution in [0.5, 0.6) is 5.75 Å². The molecular formula is C20H19FN2O4S. The monoisotopic (exact) mass is 402 g/mol. The summed E-state index contributed by atoms with van der Waals surface area (Å²) in [5.41, 5.74) is 1.36. The second-order valence-electron chi connectivity index (χ2n) is 6.41. The van der Waals surface area contributed by atoms with E-state index in [2.05, 4.69) is 4.72 Å². The maximum Gasteiger partial charge on any atom is 0.328 e. The molecule has 1 amide bonds. The summed E-state index contributed by atoms with van der Waals surface area (Å²) in [5, 5.41) is 0.742. The second-order valence-corrected chi connectivity index (χ2v) is 7.60. The maximum atomic E-state index is 13.1. The number of hydrogen-bond donors (Lipinski definition) is 1. The van der Waals surface area contributed by atoms with Crippen LogP contribution in [0.15, 0.2) is 57.8 Å². The van der Waals surface area contributed by atoms with Crippen LogP contribution in [0.4, 0.5) is 10.1 Å². The standard InChI is InChI=1S/C20H19FN2O4S/c1-2-26-16-5-3-4-6-19(16)28(25)22-20(24)18-9-13-7-8-15(10-17(13)27-18)23-11-14(21)12-23/h3-10,14H,2,11-12H2,1H3,(H,22,24). The number of benzene rings is 2. The molecule has 4 rings (SSSR count). The molecule has 1 unspecified atom stereocenters. The first-order valence-corrected chi connectivity index (χ1v) is 10.1. The molecule has 0 bridgehead atoms. The molecule has 0 radical (unpaired) electrons. The van der Waals surface area contributed by atoms with Gasteiger partial charge in [-0.25, -0.2) is 4.39 Å². The molecule has 0 aliphatic carbocycles. The predicted molar refractivity (Wildman–Crippen MR) is 105 cm³/mol. The van der Waals surface area contributed by atoms with Crippen LogP contribution in [0.2, 0.25) is 0 Å². The van der Waals surface area contributed by atoms with Gasteiger partial charge in [0.25, 0.3) is 0 Å². The quantitative estimate of drug-likeness (QED) is 0.639. The van der Waals surface area contributed by atoms with Crippen molar-refractivity contribution in [2.45, 2.75) is 18.0 Å². The zero-order valence-electron chi connectivity index (χ0n) is 15.2. The van der Waals surface area contributed by atoms with Crippen molar-refractivity contribution in [1.29, 1.82) is 0 Å². The molecule has 3 aromatic rings. The Morgan fingerprint density at radius 2 is 2.11 bits per heavy atom. The van der Waals surface area contributed by atoms with Crippen LogP contribution in [-0.2, 0) is 11.4 Å². The van der Waals surface area contributed by atoms with Gasteiger partial charge in [-0.3, -0.25) is 4.79 Å². The number of nitrogens with one attached hydrogen (secondary N) is 1. The van der Waals surface area contributed by atoms with Crippen molar-refractivity contribution in [2.75, 3.05) is 24.6 Å². The van der Waals surface area contributed by atoms with Crippen molar-refractivity contribution in [1.82, 2.24) is 4.72 Å². The summed E-state index contributed by atoms with van der Waals surface area (Å²) in [6.07, 6.45) is -0.803. The fourth-order valence-corrected chi connectivity index (χ4v) is 3.92. The summed E-state index contributed by atoms with van der Waals surface area (Å²) in [4.78, 5) is 14.8. The van der Waals surface area contributed by atoms with Crippen LogP contribution in [0.3, 0.4) is 0 Å². The number of carbonyl (C=O) groups is 1. The molecule has 1 aliphatic heterocycles. The van der Waals surface area contributed by atoms with Gasteiger partial charge in [0, 0.05) is 17.1 Å². The number of amides is 1. The molecule has 1 aromatic heterocycles. The number of hydrogen-bond acceptors (Lipinski definition) is 5. The third-order valence-electron chi connectivity index (χ3n) is 4.46. The van der Waals surface area contributed by atoms with E-state index in [-0.39, 0.29) is 5.76 Å². The molecule has 0 saturated carbocycles. The Balaban J connectivity index is 1.51. The Kier molecular flexibility index (Phi) is 5.15. The number of para-hydroxylation sites is 1. The molecule has 28 heavy (non-hydrogen) atoms. The van der Waals surface area contributed by atoms with Gasteiger partial charge in [0.05, 0.1) is 19.7 Å². The van der Waals surface area contributed by atoms with Crippen molar-refractivity contribution in [3.8, 4) is 5.75 Å². The Labute approximate surface area is 164 Å². The molecule has 0 spiro atoms. The van der Waals surface area contributed by atoms with Gasteiger partial charge in [0.2, 0.25) is 4.90 Å². The van der Waals surface area contributed by atoms with E-state index in [4.69, 9.17) is 9.15 Å². The van der Waals surface area contributed by atoms with Crippen molar-refractivity contribution in [3.63, 3.8) is 0 Å². The smallest absolute Gasteiger partial charge is 0.328 e. The maximum absolute atomic E-state index is 13.1. The number of alkyl halides is 1. The number of fused-ring (bicyclic) bond motifs is 1. The van der Waals surface area contributed by atoms with Crippen LogP contribution < -0.4 is 14.4 Å². The lowest BCUT2D eigenvalue weighted by Gasteiger charge is -2.36. The van der Waals surface area contributed by atoms with Crippen molar-refractivity contribution >= 4 is 33.9 Å². The molecule has 1 aliphatic rings. The number of halogens is 1. The van der Waals surface area contributed by atoms with Crippen molar-refractivity contribution in [2.24, 2.45) is 0 Å². The van der Waals surface area contributed by atoms with Crippen LogP contribution in [0.25, 0.3) is 11.0 Å². The van der Waals surface area contributed by atoms with Crippen LogP contribution in [0, 0.1) is 0 Å². The largest absolute Gasteiger partial charge is 0.588 e. The molecule has 1 atom stereocenters. The minimum Gasteiger partial charge on any atom is -0.588 e. The zero-order chi connectivity index (χ0) is 19.7. The van der Waals surface area contributed by atoms with Gasteiger partial charge in [-0.15, -0.1) is 0 Å². The van der Waals surface area contributed by atoms with Crippen molar-refractivity contribution in [3.05, 3.63) is 54.3 Å². The fraction of sp³-hybridized carbons (Fsp3) is 0.250. The molecule has 1 N–H and O–H groups in total. The van der Waals surface area contributed by atoms with Crippen molar-refractivity contribution < 1.29 is 22.9 Å². The molecule has 6 nitrogen and oxygen atoms in total. The highest BCUT2D eigenvalue weighted by atomic mass is 32.2. The molecular weight excluding hydrogens is 383 g/mol. The first kappa shape index (κ1) is 18.6. The topological polar surface area (TPSA) is 77.8 Å². The van der Waals surface area contributed by atoms with E-state index in [1.54, 1.807) is 36.4 Å². The summed E-state index contributed by atoms with van der Waals surface area (Å²) in [6.45, 7) is 2.97. The number of carbonyl (C=O) groups excluding carboxylic acids is 1. The average molecular weight is 402 g/mol. The van der Waals surface area contributed by atoms with Crippen LogP contribution in [0.1, 0.15) is 17.5 Å². The number of ether oxygens (including phenoxy) is 1. The lowest BCUT2D eigenvalue weighted by molar-refractivity contribution is 0.0956. The molecule has 1 saturated heterocycles. The van der Waals surface area contributed by atoms with Gasteiger partial charge in [0.1, 0.15) is 23.1 Å². The SMILES string of the molecule is CCOc1ccccc1[S+]([O-])NC(=O)c1cc2ccc(N3CC(F)C3)cc2o1. The van der Waals surface area contributed by atoms with Gasteiger partial charge >= 0.3 is 5.91 Å². The Hall–Kier alpha value is -2.71. The minimum atomic E-state index is -1.79. The Bertz CT molecular complexity index is 1000.